The standard InChI is InChI=1S/C12H20O3/c1-5-7-8-9(13)11-10(6-2)14-12(3,4)15-11/h5-7,9-11,13H,2,8H2,1,3-4H3/b7-5-/t9-,10+,11-/m1/s1. The molecule has 0 aromatic heterocycles. The van der Waals surface area contributed by atoms with Gasteiger partial charge < -0.3 is 14.6 Å². The van der Waals surface area contributed by atoms with Crippen LogP contribution in [0.2, 0.25) is 0 Å². The lowest BCUT2D eigenvalue weighted by Crippen LogP contribution is -2.34. The minimum absolute atomic E-state index is 0.236. The van der Waals surface area contributed by atoms with Crippen LogP contribution in [0.4, 0.5) is 0 Å². The van der Waals surface area contributed by atoms with E-state index in [-0.39, 0.29) is 12.2 Å². The predicted molar refractivity (Wildman–Crippen MR) is 59.5 cm³/mol. The Balaban J connectivity index is 2.63. The van der Waals surface area contributed by atoms with Gasteiger partial charge in [0.15, 0.2) is 5.79 Å². The van der Waals surface area contributed by atoms with Crippen LogP contribution in [0.15, 0.2) is 24.8 Å². The molecule has 86 valence electrons. The first-order valence-corrected chi connectivity index (χ1v) is 5.27. The van der Waals surface area contributed by atoms with Crippen molar-refractivity contribution in [2.75, 3.05) is 0 Å². The quantitative estimate of drug-likeness (QED) is 0.725. The van der Waals surface area contributed by atoms with Crippen molar-refractivity contribution in [1.82, 2.24) is 0 Å². The van der Waals surface area contributed by atoms with Crippen molar-refractivity contribution >= 4 is 0 Å². The molecule has 1 aliphatic heterocycles. The molecule has 1 rings (SSSR count). The Hall–Kier alpha value is -0.640. The van der Waals surface area contributed by atoms with Crippen LogP contribution < -0.4 is 0 Å². The largest absolute Gasteiger partial charge is 0.390 e. The van der Waals surface area contributed by atoms with E-state index in [1.165, 1.54) is 0 Å². The highest BCUT2D eigenvalue weighted by atomic mass is 16.8. The first-order chi connectivity index (χ1) is 7.00. The lowest BCUT2D eigenvalue weighted by atomic mass is 10.1. The molecule has 0 aliphatic carbocycles. The number of hydrogen-bond acceptors (Lipinski definition) is 3. The number of aliphatic hydroxyl groups excluding tert-OH is 1. The zero-order chi connectivity index (χ0) is 11.5. The molecule has 0 amide bonds. The first-order valence-electron chi connectivity index (χ1n) is 5.27. The highest BCUT2D eigenvalue weighted by Gasteiger charge is 2.42. The van der Waals surface area contributed by atoms with Gasteiger partial charge in [0.05, 0.1) is 6.10 Å². The molecule has 0 radical (unpaired) electrons. The topological polar surface area (TPSA) is 38.7 Å². The van der Waals surface area contributed by atoms with E-state index in [0.29, 0.717) is 6.42 Å². The fourth-order valence-corrected chi connectivity index (χ4v) is 1.71. The van der Waals surface area contributed by atoms with Crippen molar-refractivity contribution in [2.45, 2.75) is 51.3 Å². The van der Waals surface area contributed by atoms with Gasteiger partial charge in [-0.3, -0.25) is 0 Å². The molecule has 1 aliphatic rings. The van der Waals surface area contributed by atoms with Gasteiger partial charge in [-0.15, -0.1) is 6.58 Å². The monoisotopic (exact) mass is 212 g/mol. The van der Waals surface area contributed by atoms with E-state index in [2.05, 4.69) is 6.58 Å². The van der Waals surface area contributed by atoms with Crippen LogP contribution in [0, 0.1) is 0 Å². The molecule has 1 fully saturated rings. The molecule has 15 heavy (non-hydrogen) atoms. The van der Waals surface area contributed by atoms with Crippen molar-refractivity contribution < 1.29 is 14.6 Å². The van der Waals surface area contributed by atoms with Crippen LogP contribution in [0.5, 0.6) is 0 Å². The summed E-state index contributed by atoms with van der Waals surface area (Å²) in [6.07, 6.45) is 4.97. The number of ether oxygens (including phenoxy) is 2. The van der Waals surface area contributed by atoms with E-state index in [4.69, 9.17) is 9.47 Å². The molecule has 0 bridgehead atoms. The average Bonchev–Trinajstić information content (AvgIpc) is 2.50. The third-order valence-corrected chi connectivity index (χ3v) is 2.39. The minimum Gasteiger partial charge on any atom is -0.390 e. The Labute approximate surface area is 91.4 Å². The van der Waals surface area contributed by atoms with Gasteiger partial charge >= 0.3 is 0 Å². The Morgan fingerprint density at radius 1 is 1.47 bits per heavy atom. The summed E-state index contributed by atoms with van der Waals surface area (Å²) in [5, 5.41) is 9.91. The highest BCUT2D eigenvalue weighted by Crippen LogP contribution is 2.31. The van der Waals surface area contributed by atoms with E-state index in [9.17, 15) is 5.11 Å². The summed E-state index contributed by atoms with van der Waals surface area (Å²) in [6.45, 7) is 9.29. The van der Waals surface area contributed by atoms with E-state index < -0.39 is 11.9 Å². The SMILES string of the molecule is C=C[C@@H]1OC(C)(C)O[C@@H]1[C@H](O)C/C=C\C. The van der Waals surface area contributed by atoms with Crippen molar-refractivity contribution in [3.05, 3.63) is 24.8 Å². The molecule has 1 N–H and O–H groups in total. The third kappa shape index (κ3) is 3.16. The number of allylic oxidation sites excluding steroid dienone is 1. The van der Waals surface area contributed by atoms with Gasteiger partial charge in [0.25, 0.3) is 0 Å². The Morgan fingerprint density at radius 2 is 2.13 bits per heavy atom. The smallest absolute Gasteiger partial charge is 0.164 e. The third-order valence-electron chi connectivity index (χ3n) is 2.39. The molecule has 1 heterocycles. The maximum absolute atomic E-state index is 9.91. The zero-order valence-corrected chi connectivity index (χ0v) is 9.64. The summed E-state index contributed by atoms with van der Waals surface area (Å²) in [5.74, 6) is -0.638. The minimum atomic E-state index is -0.638. The Kier molecular flexibility index (Phi) is 4.08. The molecule has 3 nitrogen and oxygen atoms in total. The Bertz CT molecular complexity index is 245. The highest BCUT2D eigenvalue weighted by molar-refractivity contribution is 4.98. The van der Waals surface area contributed by atoms with Gasteiger partial charge in [0.2, 0.25) is 0 Å². The molecule has 0 spiro atoms. The second-order valence-corrected chi connectivity index (χ2v) is 4.17. The molecule has 3 atom stereocenters. The molecule has 0 unspecified atom stereocenters. The fourth-order valence-electron chi connectivity index (χ4n) is 1.71. The van der Waals surface area contributed by atoms with Crippen molar-refractivity contribution in [2.24, 2.45) is 0 Å². The second kappa shape index (κ2) is 4.92. The zero-order valence-electron chi connectivity index (χ0n) is 9.64. The fraction of sp³-hybridized carbons (Fsp3) is 0.667. The van der Waals surface area contributed by atoms with E-state index in [1.54, 1.807) is 6.08 Å². The summed E-state index contributed by atoms with van der Waals surface area (Å²) < 4.78 is 11.2. The van der Waals surface area contributed by atoms with Crippen LogP contribution in [0.25, 0.3) is 0 Å². The summed E-state index contributed by atoms with van der Waals surface area (Å²) in [5.41, 5.74) is 0. The number of rotatable bonds is 4. The normalized spacial score (nSPS) is 32.0. The summed E-state index contributed by atoms with van der Waals surface area (Å²) in [7, 11) is 0. The van der Waals surface area contributed by atoms with Crippen LogP contribution in [-0.2, 0) is 9.47 Å². The van der Waals surface area contributed by atoms with Gasteiger partial charge in [0.1, 0.15) is 12.2 Å². The maximum atomic E-state index is 9.91. The summed E-state index contributed by atoms with van der Waals surface area (Å²) in [6, 6.07) is 0. The predicted octanol–water partition coefficient (Wildman–Crippen LogP) is 2.02. The molecule has 0 aromatic carbocycles. The lowest BCUT2D eigenvalue weighted by molar-refractivity contribution is -0.153. The van der Waals surface area contributed by atoms with Crippen LogP contribution in [-0.4, -0.2) is 29.2 Å². The maximum Gasteiger partial charge on any atom is 0.164 e. The molecule has 1 saturated heterocycles. The van der Waals surface area contributed by atoms with E-state index >= 15 is 0 Å². The average molecular weight is 212 g/mol. The molecule has 0 saturated carbocycles. The second-order valence-electron chi connectivity index (χ2n) is 4.17. The molecule has 0 aromatic rings. The number of aliphatic hydroxyl groups is 1. The molecular formula is C12H20O3. The van der Waals surface area contributed by atoms with Gasteiger partial charge in [-0.25, -0.2) is 0 Å². The van der Waals surface area contributed by atoms with Gasteiger partial charge in [-0.2, -0.15) is 0 Å². The first kappa shape index (κ1) is 12.4. The van der Waals surface area contributed by atoms with E-state index in [0.717, 1.165) is 0 Å². The summed E-state index contributed by atoms with van der Waals surface area (Å²) in [4.78, 5) is 0. The van der Waals surface area contributed by atoms with Gasteiger partial charge in [-0.05, 0) is 27.2 Å². The van der Waals surface area contributed by atoms with Gasteiger partial charge in [0, 0.05) is 0 Å². The molecular weight excluding hydrogens is 192 g/mol. The van der Waals surface area contributed by atoms with E-state index in [1.807, 2.05) is 32.9 Å². The van der Waals surface area contributed by atoms with Crippen molar-refractivity contribution in [3.8, 4) is 0 Å². The van der Waals surface area contributed by atoms with Crippen LogP contribution >= 0.6 is 0 Å². The van der Waals surface area contributed by atoms with Crippen molar-refractivity contribution in [1.29, 1.82) is 0 Å². The van der Waals surface area contributed by atoms with Crippen molar-refractivity contribution in [3.63, 3.8) is 0 Å². The van der Waals surface area contributed by atoms with Gasteiger partial charge in [-0.1, -0.05) is 18.2 Å². The van der Waals surface area contributed by atoms with Crippen LogP contribution in [0.1, 0.15) is 27.2 Å². The Morgan fingerprint density at radius 3 is 2.67 bits per heavy atom. The van der Waals surface area contributed by atoms with Crippen LogP contribution in [0.3, 0.4) is 0 Å². The summed E-state index contributed by atoms with van der Waals surface area (Å²) >= 11 is 0. The molecule has 3 heteroatoms. The lowest BCUT2D eigenvalue weighted by Gasteiger charge is -2.20. The number of hydrogen-bond donors (Lipinski definition) is 1.